The molecule has 0 unspecified atom stereocenters. The number of carbonyl (C=O) groups is 2. The molecule has 0 aliphatic carbocycles. The van der Waals surface area contributed by atoms with E-state index < -0.39 is 11.7 Å². The highest BCUT2D eigenvalue weighted by Crippen LogP contribution is 2.23. The number of benzene rings is 2. The van der Waals surface area contributed by atoms with E-state index in [1.165, 1.54) is 12.1 Å². The van der Waals surface area contributed by atoms with Gasteiger partial charge in [-0.1, -0.05) is 29.8 Å². The maximum absolute atomic E-state index is 13.9. The van der Waals surface area contributed by atoms with Gasteiger partial charge in [-0.2, -0.15) is 0 Å². The standard InChI is InChI=1S/C22H21FN4O2/c1-14-9-11-15(12-10-14)24-21(28)19-18-8-4-5-13-27(18)20(26-19)22(29)25-17-7-3-2-6-16(17)23/h2-3,6-7,9-12H,4-5,8,13H2,1H3,(H,24,28)(H,25,29). The third-order valence-electron chi connectivity index (χ3n) is 4.97. The number of amides is 2. The van der Waals surface area contributed by atoms with Gasteiger partial charge < -0.3 is 15.2 Å². The normalized spacial score (nSPS) is 12.9. The van der Waals surface area contributed by atoms with Crippen molar-refractivity contribution in [2.75, 3.05) is 10.6 Å². The molecule has 2 amide bonds. The van der Waals surface area contributed by atoms with Gasteiger partial charge in [-0.25, -0.2) is 9.37 Å². The Balaban J connectivity index is 1.63. The number of nitrogens with one attached hydrogen (secondary N) is 2. The van der Waals surface area contributed by atoms with Crippen LogP contribution in [0, 0.1) is 12.7 Å². The van der Waals surface area contributed by atoms with Crippen LogP contribution in [0.15, 0.2) is 48.5 Å². The molecule has 2 aromatic carbocycles. The monoisotopic (exact) mass is 392 g/mol. The second kappa shape index (κ2) is 7.87. The van der Waals surface area contributed by atoms with Crippen molar-refractivity contribution in [2.45, 2.75) is 32.7 Å². The lowest BCUT2D eigenvalue weighted by molar-refractivity contribution is 0.101. The highest BCUT2D eigenvalue weighted by atomic mass is 19.1. The van der Waals surface area contributed by atoms with Crippen molar-refractivity contribution in [1.82, 2.24) is 9.55 Å². The summed E-state index contributed by atoms with van der Waals surface area (Å²) >= 11 is 0. The van der Waals surface area contributed by atoms with Crippen LogP contribution in [-0.4, -0.2) is 21.4 Å². The van der Waals surface area contributed by atoms with Crippen molar-refractivity contribution >= 4 is 23.2 Å². The number of carbonyl (C=O) groups excluding carboxylic acids is 2. The van der Waals surface area contributed by atoms with Crippen LogP contribution in [0.2, 0.25) is 0 Å². The number of aromatic nitrogens is 2. The molecule has 148 valence electrons. The first kappa shape index (κ1) is 18.9. The van der Waals surface area contributed by atoms with Crippen molar-refractivity contribution in [1.29, 1.82) is 0 Å². The maximum Gasteiger partial charge on any atom is 0.291 e. The van der Waals surface area contributed by atoms with Gasteiger partial charge in [0.2, 0.25) is 0 Å². The zero-order valence-electron chi connectivity index (χ0n) is 16.0. The summed E-state index contributed by atoms with van der Waals surface area (Å²) in [6.07, 6.45) is 2.48. The van der Waals surface area contributed by atoms with Gasteiger partial charge in [-0.15, -0.1) is 0 Å². The van der Waals surface area contributed by atoms with Gasteiger partial charge in [-0.3, -0.25) is 9.59 Å². The number of hydrogen-bond donors (Lipinski definition) is 2. The molecule has 4 rings (SSSR count). The van der Waals surface area contributed by atoms with Crippen molar-refractivity contribution in [3.05, 3.63) is 77.1 Å². The van der Waals surface area contributed by atoms with E-state index in [1.807, 2.05) is 31.2 Å². The molecule has 0 radical (unpaired) electrons. The molecule has 3 aromatic rings. The third kappa shape index (κ3) is 3.89. The van der Waals surface area contributed by atoms with Gasteiger partial charge in [0.1, 0.15) is 5.82 Å². The van der Waals surface area contributed by atoms with E-state index in [1.54, 1.807) is 16.7 Å². The molecule has 2 N–H and O–H groups in total. The Hall–Kier alpha value is -3.48. The van der Waals surface area contributed by atoms with E-state index in [4.69, 9.17) is 0 Å². The van der Waals surface area contributed by atoms with Gasteiger partial charge >= 0.3 is 0 Å². The summed E-state index contributed by atoms with van der Waals surface area (Å²) in [6, 6.07) is 13.4. The summed E-state index contributed by atoms with van der Waals surface area (Å²) in [5, 5.41) is 5.40. The first-order valence-electron chi connectivity index (χ1n) is 9.56. The van der Waals surface area contributed by atoms with Crippen molar-refractivity contribution in [3.63, 3.8) is 0 Å². The Morgan fingerprint density at radius 2 is 1.76 bits per heavy atom. The number of nitrogens with zero attached hydrogens (tertiary/aromatic N) is 2. The van der Waals surface area contributed by atoms with Gasteiger partial charge in [0.25, 0.3) is 11.8 Å². The largest absolute Gasteiger partial charge is 0.323 e. The number of fused-ring (bicyclic) bond motifs is 1. The number of halogens is 1. The van der Waals surface area contributed by atoms with Crippen molar-refractivity contribution in [2.24, 2.45) is 0 Å². The van der Waals surface area contributed by atoms with Crippen LogP contribution < -0.4 is 10.6 Å². The molecule has 6 nitrogen and oxygen atoms in total. The van der Waals surface area contributed by atoms with E-state index in [0.717, 1.165) is 24.1 Å². The molecule has 1 aliphatic rings. The topological polar surface area (TPSA) is 76.0 Å². The highest BCUT2D eigenvalue weighted by molar-refractivity contribution is 6.07. The Labute approximate surface area is 167 Å². The Morgan fingerprint density at radius 3 is 2.52 bits per heavy atom. The fraction of sp³-hybridized carbons (Fsp3) is 0.227. The molecule has 29 heavy (non-hydrogen) atoms. The maximum atomic E-state index is 13.9. The molecule has 0 fully saturated rings. The van der Waals surface area contributed by atoms with Crippen LogP contribution in [-0.2, 0) is 13.0 Å². The van der Waals surface area contributed by atoms with Crippen LogP contribution in [0.5, 0.6) is 0 Å². The van der Waals surface area contributed by atoms with Crippen LogP contribution in [0.4, 0.5) is 15.8 Å². The molecule has 0 saturated heterocycles. The van der Waals surface area contributed by atoms with Crippen LogP contribution in [0.25, 0.3) is 0 Å². The van der Waals surface area contributed by atoms with Crippen LogP contribution >= 0.6 is 0 Å². The molecular weight excluding hydrogens is 371 g/mol. The molecular formula is C22H21FN4O2. The minimum Gasteiger partial charge on any atom is -0.323 e. The smallest absolute Gasteiger partial charge is 0.291 e. The zero-order chi connectivity index (χ0) is 20.4. The molecule has 2 heterocycles. The number of rotatable bonds is 4. The average molecular weight is 392 g/mol. The predicted molar refractivity (Wildman–Crippen MR) is 109 cm³/mol. The predicted octanol–water partition coefficient (Wildman–Crippen LogP) is 4.17. The molecule has 7 heteroatoms. The van der Waals surface area contributed by atoms with E-state index in [-0.39, 0.29) is 23.1 Å². The lowest BCUT2D eigenvalue weighted by Crippen LogP contribution is -2.21. The summed E-state index contributed by atoms with van der Waals surface area (Å²) in [5.41, 5.74) is 2.81. The van der Waals surface area contributed by atoms with Gasteiger partial charge in [0.05, 0.1) is 11.4 Å². The van der Waals surface area contributed by atoms with E-state index in [2.05, 4.69) is 15.6 Å². The summed E-state index contributed by atoms with van der Waals surface area (Å²) in [6.45, 7) is 2.57. The SMILES string of the molecule is Cc1ccc(NC(=O)c2nc(C(=O)Nc3ccccc3F)n3c2CCCC3)cc1. The van der Waals surface area contributed by atoms with Crippen molar-refractivity contribution < 1.29 is 14.0 Å². The van der Waals surface area contributed by atoms with E-state index >= 15 is 0 Å². The molecule has 0 atom stereocenters. The van der Waals surface area contributed by atoms with Gasteiger partial charge in [-0.05, 0) is 50.5 Å². The first-order valence-corrected chi connectivity index (χ1v) is 9.56. The highest BCUT2D eigenvalue weighted by Gasteiger charge is 2.28. The molecule has 1 aromatic heterocycles. The fourth-order valence-electron chi connectivity index (χ4n) is 3.47. The lowest BCUT2D eigenvalue weighted by atomic mass is 10.1. The fourth-order valence-corrected chi connectivity index (χ4v) is 3.47. The minimum atomic E-state index is -0.535. The molecule has 0 spiro atoms. The number of hydrogen-bond acceptors (Lipinski definition) is 3. The summed E-state index contributed by atoms with van der Waals surface area (Å²) < 4.78 is 15.7. The molecule has 1 aliphatic heterocycles. The Kier molecular flexibility index (Phi) is 5.12. The van der Waals surface area contributed by atoms with Gasteiger partial charge in [0.15, 0.2) is 11.5 Å². The van der Waals surface area contributed by atoms with E-state index in [0.29, 0.717) is 18.7 Å². The van der Waals surface area contributed by atoms with Crippen LogP contribution in [0.1, 0.15) is 45.2 Å². The summed E-state index contributed by atoms with van der Waals surface area (Å²) in [5.74, 6) is -1.29. The first-order chi connectivity index (χ1) is 14.0. The second-order valence-corrected chi connectivity index (χ2v) is 7.09. The Morgan fingerprint density at radius 1 is 1.00 bits per heavy atom. The number of imidazole rings is 1. The van der Waals surface area contributed by atoms with Crippen LogP contribution in [0.3, 0.4) is 0 Å². The average Bonchev–Trinajstić information content (AvgIpc) is 3.11. The zero-order valence-corrected chi connectivity index (χ0v) is 16.0. The third-order valence-corrected chi connectivity index (χ3v) is 4.97. The lowest BCUT2D eigenvalue weighted by Gasteiger charge is -2.17. The Bertz CT molecular complexity index is 1070. The second-order valence-electron chi connectivity index (χ2n) is 7.09. The minimum absolute atomic E-state index is 0.0799. The summed E-state index contributed by atoms with van der Waals surface area (Å²) in [4.78, 5) is 30.0. The number of aryl methyl sites for hydroxylation is 1. The quantitative estimate of drug-likeness (QED) is 0.700. The number of anilines is 2. The van der Waals surface area contributed by atoms with E-state index in [9.17, 15) is 14.0 Å². The molecule has 0 bridgehead atoms. The van der Waals surface area contributed by atoms with Crippen molar-refractivity contribution in [3.8, 4) is 0 Å². The number of para-hydroxylation sites is 1. The van der Waals surface area contributed by atoms with Gasteiger partial charge in [0, 0.05) is 12.2 Å². The molecule has 0 saturated carbocycles. The summed E-state index contributed by atoms with van der Waals surface area (Å²) in [7, 11) is 0.